The number of urea groups is 1. The van der Waals surface area contributed by atoms with Crippen LogP contribution in [0.25, 0.3) is 0 Å². The summed E-state index contributed by atoms with van der Waals surface area (Å²) in [5.74, 6) is 0.0692. The molecule has 2 fully saturated rings. The summed E-state index contributed by atoms with van der Waals surface area (Å²) in [5.41, 5.74) is -0.539. The highest BCUT2D eigenvalue weighted by Gasteiger charge is 2.52. The zero-order valence-corrected chi connectivity index (χ0v) is 11.3. The SMILES string of the molecule is CC[C@]1(C(=O)O)C[C@H]2CN(C(=O)N(C)C)C[C@H]2C1. The molecule has 1 saturated carbocycles. The maximum absolute atomic E-state index is 11.9. The summed E-state index contributed by atoms with van der Waals surface area (Å²) in [4.78, 5) is 26.7. The maximum atomic E-state index is 11.9. The van der Waals surface area contributed by atoms with E-state index in [1.54, 1.807) is 19.0 Å². The maximum Gasteiger partial charge on any atom is 0.319 e. The van der Waals surface area contributed by atoms with Crippen molar-refractivity contribution in [1.29, 1.82) is 0 Å². The smallest absolute Gasteiger partial charge is 0.319 e. The molecule has 1 heterocycles. The number of aliphatic carboxylic acids is 1. The van der Waals surface area contributed by atoms with Gasteiger partial charge in [-0.05, 0) is 31.1 Å². The summed E-state index contributed by atoms with van der Waals surface area (Å²) < 4.78 is 0. The molecule has 18 heavy (non-hydrogen) atoms. The van der Waals surface area contributed by atoms with E-state index >= 15 is 0 Å². The molecule has 0 bridgehead atoms. The van der Waals surface area contributed by atoms with Crippen LogP contribution in [-0.4, -0.2) is 54.1 Å². The summed E-state index contributed by atoms with van der Waals surface area (Å²) in [6, 6.07) is 0.0434. The van der Waals surface area contributed by atoms with Crippen LogP contribution in [0.2, 0.25) is 0 Å². The monoisotopic (exact) mass is 254 g/mol. The van der Waals surface area contributed by atoms with Crippen molar-refractivity contribution in [2.45, 2.75) is 26.2 Å². The quantitative estimate of drug-likeness (QED) is 0.812. The first-order valence-corrected chi connectivity index (χ1v) is 6.59. The van der Waals surface area contributed by atoms with Gasteiger partial charge >= 0.3 is 12.0 Å². The fraction of sp³-hybridized carbons (Fsp3) is 0.846. The first-order valence-electron chi connectivity index (χ1n) is 6.59. The fourth-order valence-electron chi connectivity index (χ4n) is 3.54. The van der Waals surface area contributed by atoms with E-state index in [0.29, 0.717) is 18.3 Å². The third-order valence-electron chi connectivity index (χ3n) is 4.67. The van der Waals surface area contributed by atoms with Crippen molar-refractivity contribution in [2.75, 3.05) is 27.2 Å². The van der Waals surface area contributed by atoms with Crippen molar-refractivity contribution in [3.8, 4) is 0 Å². The number of carboxylic acid groups (broad SMARTS) is 1. The Morgan fingerprint density at radius 2 is 1.78 bits per heavy atom. The molecule has 2 amide bonds. The Hall–Kier alpha value is -1.26. The molecule has 102 valence electrons. The lowest BCUT2D eigenvalue weighted by molar-refractivity contribution is -0.149. The minimum absolute atomic E-state index is 0.0434. The molecule has 0 aromatic carbocycles. The van der Waals surface area contributed by atoms with Gasteiger partial charge in [0.15, 0.2) is 0 Å². The molecular weight excluding hydrogens is 232 g/mol. The van der Waals surface area contributed by atoms with Gasteiger partial charge in [-0.25, -0.2) is 4.79 Å². The summed E-state index contributed by atoms with van der Waals surface area (Å²) in [7, 11) is 3.51. The van der Waals surface area contributed by atoms with Crippen molar-refractivity contribution >= 4 is 12.0 Å². The first-order chi connectivity index (χ1) is 8.39. The first kappa shape index (κ1) is 13.2. The molecule has 2 rings (SSSR count). The molecule has 0 aromatic rings. The number of hydrogen-bond donors (Lipinski definition) is 1. The number of carbonyl (C=O) groups excluding carboxylic acids is 1. The number of amides is 2. The van der Waals surface area contributed by atoms with Gasteiger partial charge in [0.1, 0.15) is 0 Å². The highest BCUT2D eigenvalue weighted by atomic mass is 16.4. The number of rotatable bonds is 2. The van der Waals surface area contributed by atoms with Crippen LogP contribution < -0.4 is 0 Å². The van der Waals surface area contributed by atoms with Gasteiger partial charge in [0.2, 0.25) is 0 Å². The second kappa shape index (κ2) is 4.44. The standard InChI is InChI=1S/C13H22N2O3/c1-4-13(11(16)17)5-9-7-15(8-10(9)6-13)12(18)14(2)3/h9-10H,4-8H2,1-3H3,(H,16,17)/t9-,10+,13-. The summed E-state index contributed by atoms with van der Waals surface area (Å²) >= 11 is 0. The van der Waals surface area contributed by atoms with E-state index in [4.69, 9.17) is 0 Å². The highest BCUT2D eigenvalue weighted by molar-refractivity contribution is 5.76. The molecule has 5 heteroatoms. The van der Waals surface area contributed by atoms with E-state index in [0.717, 1.165) is 25.9 Å². The topological polar surface area (TPSA) is 60.9 Å². The molecule has 5 nitrogen and oxygen atoms in total. The Labute approximate surface area is 108 Å². The Morgan fingerprint density at radius 1 is 1.28 bits per heavy atom. The van der Waals surface area contributed by atoms with Crippen LogP contribution in [0.3, 0.4) is 0 Å². The van der Waals surface area contributed by atoms with Gasteiger partial charge < -0.3 is 14.9 Å². The van der Waals surface area contributed by atoms with Gasteiger partial charge in [-0.15, -0.1) is 0 Å². The third kappa shape index (κ3) is 1.95. The van der Waals surface area contributed by atoms with Gasteiger partial charge in [0.05, 0.1) is 5.41 Å². The molecule has 1 N–H and O–H groups in total. The largest absolute Gasteiger partial charge is 0.481 e. The van der Waals surface area contributed by atoms with Gasteiger partial charge in [0, 0.05) is 27.2 Å². The minimum Gasteiger partial charge on any atom is -0.481 e. The number of fused-ring (bicyclic) bond motifs is 1. The van der Waals surface area contributed by atoms with Gasteiger partial charge in [-0.1, -0.05) is 6.92 Å². The Bertz CT molecular complexity index is 353. The molecular formula is C13H22N2O3. The van der Waals surface area contributed by atoms with Crippen LogP contribution in [0.15, 0.2) is 0 Å². The lowest BCUT2D eigenvalue weighted by Gasteiger charge is -2.27. The number of nitrogens with zero attached hydrogens (tertiary/aromatic N) is 2. The molecule has 1 aliphatic carbocycles. The number of hydrogen-bond acceptors (Lipinski definition) is 2. The highest BCUT2D eigenvalue weighted by Crippen LogP contribution is 2.51. The van der Waals surface area contributed by atoms with E-state index in [1.807, 2.05) is 11.8 Å². The predicted octanol–water partition coefficient (Wildman–Crippen LogP) is 1.49. The predicted molar refractivity (Wildman–Crippen MR) is 67.2 cm³/mol. The minimum atomic E-state index is -0.662. The van der Waals surface area contributed by atoms with Crippen molar-refractivity contribution in [1.82, 2.24) is 9.80 Å². The molecule has 0 unspecified atom stereocenters. The number of carbonyl (C=O) groups is 2. The van der Waals surface area contributed by atoms with Crippen molar-refractivity contribution in [2.24, 2.45) is 17.3 Å². The van der Waals surface area contributed by atoms with Crippen LogP contribution in [-0.2, 0) is 4.79 Å². The molecule has 3 atom stereocenters. The summed E-state index contributed by atoms with van der Waals surface area (Å²) in [5, 5.41) is 9.39. The normalized spacial score (nSPS) is 34.5. The van der Waals surface area contributed by atoms with E-state index in [-0.39, 0.29) is 6.03 Å². The molecule has 1 aliphatic heterocycles. The van der Waals surface area contributed by atoms with E-state index in [9.17, 15) is 14.7 Å². The average molecular weight is 254 g/mol. The zero-order chi connectivity index (χ0) is 13.5. The fourth-order valence-corrected chi connectivity index (χ4v) is 3.54. The molecule has 0 radical (unpaired) electrons. The number of likely N-dealkylation sites (tertiary alicyclic amines) is 1. The molecule has 0 spiro atoms. The third-order valence-corrected chi connectivity index (χ3v) is 4.67. The van der Waals surface area contributed by atoms with Crippen LogP contribution in [0.1, 0.15) is 26.2 Å². The second-order valence-corrected chi connectivity index (χ2v) is 5.95. The Kier molecular flexibility index (Phi) is 3.25. The van der Waals surface area contributed by atoms with Crippen LogP contribution in [0.5, 0.6) is 0 Å². The summed E-state index contributed by atoms with van der Waals surface area (Å²) in [6.07, 6.45) is 2.14. The molecule has 0 aromatic heterocycles. The van der Waals surface area contributed by atoms with E-state index in [1.165, 1.54) is 0 Å². The van der Waals surface area contributed by atoms with E-state index in [2.05, 4.69) is 0 Å². The van der Waals surface area contributed by atoms with Crippen molar-refractivity contribution in [3.63, 3.8) is 0 Å². The second-order valence-electron chi connectivity index (χ2n) is 5.95. The zero-order valence-electron chi connectivity index (χ0n) is 11.3. The van der Waals surface area contributed by atoms with Gasteiger partial charge in [0.25, 0.3) is 0 Å². The van der Waals surface area contributed by atoms with Crippen molar-refractivity contribution < 1.29 is 14.7 Å². The Morgan fingerprint density at radius 3 is 2.11 bits per heavy atom. The van der Waals surface area contributed by atoms with Gasteiger partial charge in [-0.2, -0.15) is 0 Å². The van der Waals surface area contributed by atoms with E-state index < -0.39 is 11.4 Å². The lowest BCUT2D eigenvalue weighted by Crippen LogP contribution is -2.39. The van der Waals surface area contributed by atoms with Crippen LogP contribution >= 0.6 is 0 Å². The lowest BCUT2D eigenvalue weighted by atomic mass is 9.82. The Balaban J connectivity index is 2.03. The van der Waals surface area contributed by atoms with Crippen molar-refractivity contribution in [3.05, 3.63) is 0 Å². The average Bonchev–Trinajstić information content (AvgIpc) is 2.82. The summed E-state index contributed by atoms with van der Waals surface area (Å²) in [6.45, 7) is 3.39. The molecule has 1 saturated heterocycles. The van der Waals surface area contributed by atoms with Gasteiger partial charge in [-0.3, -0.25) is 4.79 Å². The number of carboxylic acids is 1. The molecule has 2 aliphatic rings. The van der Waals surface area contributed by atoms with Crippen LogP contribution in [0, 0.1) is 17.3 Å². The van der Waals surface area contributed by atoms with Crippen LogP contribution in [0.4, 0.5) is 4.79 Å².